The van der Waals surface area contributed by atoms with Crippen molar-refractivity contribution >= 4 is 0 Å². The number of rotatable bonds is 10. The van der Waals surface area contributed by atoms with Crippen LogP contribution in [0.1, 0.15) is 35.1 Å². The average molecular weight is 375 g/mol. The van der Waals surface area contributed by atoms with Gasteiger partial charge in [0.1, 0.15) is 11.5 Å². The van der Waals surface area contributed by atoms with Gasteiger partial charge in [-0.05, 0) is 73.9 Å². The van der Waals surface area contributed by atoms with E-state index in [1.807, 2.05) is 0 Å². The van der Waals surface area contributed by atoms with Gasteiger partial charge in [0.25, 0.3) is 0 Å². The van der Waals surface area contributed by atoms with E-state index in [9.17, 15) is 0 Å². The van der Waals surface area contributed by atoms with E-state index in [1.54, 1.807) is 0 Å². The molecular weight excluding hydrogens is 344 g/mol. The first-order chi connectivity index (χ1) is 13.7. The van der Waals surface area contributed by atoms with Gasteiger partial charge in [0.2, 0.25) is 0 Å². The molecule has 0 aliphatic carbocycles. The van der Waals surface area contributed by atoms with Crippen molar-refractivity contribution in [2.75, 3.05) is 13.2 Å². The van der Waals surface area contributed by atoms with Crippen LogP contribution in [0.25, 0.3) is 0 Å². The fourth-order valence-corrected chi connectivity index (χ4v) is 3.28. The maximum atomic E-state index is 6.02. The second-order valence-electron chi connectivity index (χ2n) is 7.26. The molecule has 3 rings (SSSR count). The highest BCUT2D eigenvalue weighted by Gasteiger charge is 2.07. The molecule has 0 saturated heterocycles. The first-order valence-corrected chi connectivity index (χ1v) is 10.2. The van der Waals surface area contributed by atoms with Crippen molar-refractivity contribution in [3.05, 3.63) is 95.1 Å². The molecule has 0 atom stereocenters. The van der Waals surface area contributed by atoms with Gasteiger partial charge in [-0.25, -0.2) is 0 Å². The average Bonchev–Trinajstić information content (AvgIpc) is 2.73. The largest absolute Gasteiger partial charge is 0.493 e. The van der Waals surface area contributed by atoms with Gasteiger partial charge < -0.3 is 9.47 Å². The maximum absolute atomic E-state index is 6.02. The summed E-state index contributed by atoms with van der Waals surface area (Å²) >= 11 is 0. The van der Waals surface area contributed by atoms with Crippen molar-refractivity contribution in [2.45, 2.75) is 39.5 Å². The maximum Gasteiger partial charge on any atom is 0.122 e. The number of hydrogen-bond acceptors (Lipinski definition) is 2. The first kappa shape index (κ1) is 20.0. The Morgan fingerprint density at radius 1 is 0.571 bits per heavy atom. The van der Waals surface area contributed by atoms with Crippen LogP contribution in [-0.2, 0) is 12.8 Å². The van der Waals surface area contributed by atoms with Crippen molar-refractivity contribution < 1.29 is 9.47 Å². The van der Waals surface area contributed by atoms with Crippen molar-refractivity contribution in [1.82, 2.24) is 0 Å². The second-order valence-corrected chi connectivity index (χ2v) is 7.26. The Bertz CT molecular complexity index is 768. The summed E-state index contributed by atoms with van der Waals surface area (Å²) in [6.07, 6.45) is 4.11. The standard InChI is InChI=1S/C26H30O2/c1-21-19-26(28-18-10-16-24-13-7-4-8-14-24)22(2)20-25(21)27-17-9-15-23-11-5-3-6-12-23/h3-8,11-14,19-20H,9-10,15-18H2,1-2H3. The third-order valence-corrected chi connectivity index (χ3v) is 4.89. The van der Waals surface area contributed by atoms with E-state index in [0.717, 1.165) is 61.5 Å². The lowest BCUT2D eigenvalue weighted by Gasteiger charge is -2.14. The van der Waals surface area contributed by atoms with Crippen LogP contribution in [0.2, 0.25) is 0 Å². The molecule has 3 aromatic rings. The van der Waals surface area contributed by atoms with Crippen molar-refractivity contribution in [3.8, 4) is 11.5 Å². The van der Waals surface area contributed by atoms with Gasteiger partial charge in [0.05, 0.1) is 13.2 Å². The zero-order valence-corrected chi connectivity index (χ0v) is 17.0. The van der Waals surface area contributed by atoms with E-state index < -0.39 is 0 Å². The lowest BCUT2D eigenvalue weighted by molar-refractivity contribution is 0.299. The highest BCUT2D eigenvalue weighted by molar-refractivity contribution is 5.45. The molecule has 0 aliphatic heterocycles. The summed E-state index contributed by atoms with van der Waals surface area (Å²) < 4.78 is 12.0. The topological polar surface area (TPSA) is 18.5 Å². The summed E-state index contributed by atoms with van der Waals surface area (Å²) in [7, 11) is 0. The van der Waals surface area contributed by atoms with Crippen LogP contribution in [-0.4, -0.2) is 13.2 Å². The summed E-state index contributed by atoms with van der Waals surface area (Å²) in [6.45, 7) is 5.63. The van der Waals surface area contributed by atoms with Gasteiger partial charge >= 0.3 is 0 Å². The molecular formula is C26H30O2. The van der Waals surface area contributed by atoms with Gasteiger partial charge in [-0.1, -0.05) is 60.7 Å². The zero-order chi connectivity index (χ0) is 19.6. The van der Waals surface area contributed by atoms with Gasteiger partial charge in [-0.3, -0.25) is 0 Å². The minimum atomic E-state index is 0.729. The molecule has 0 radical (unpaired) electrons. The molecule has 0 aromatic heterocycles. The molecule has 3 aromatic carbocycles. The third kappa shape index (κ3) is 6.16. The van der Waals surface area contributed by atoms with Gasteiger partial charge in [-0.15, -0.1) is 0 Å². The van der Waals surface area contributed by atoms with E-state index in [-0.39, 0.29) is 0 Å². The molecule has 0 saturated carbocycles. The molecule has 0 fully saturated rings. The third-order valence-electron chi connectivity index (χ3n) is 4.89. The lowest BCUT2D eigenvalue weighted by Crippen LogP contribution is -2.04. The molecule has 0 aliphatic rings. The molecule has 0 spiro atoms. The lowest BCUT2D eigenvalue weighted by atomic mass is 10.1. The molecule has 0 amide bonds. The molecule has 0 unspecified atom stereocenters. The Morgan fingerprint density at radius 3 is 1.36 bits per heavy atom. The highest BCUT2D eigenvalue weighted by Crippen LogP contribution is 2.28. The van der Waals surface area contributed by atoms with Crippen molar-refractivity contribution in [3.63, 3.8) is 0 Å². The van der Waals surface area contributed by atoms with Crippen LogP contribution in [0.3, 0.4) is 0 Å². The highest BCUT2D eigenvalue weighted by atomic mass is 16.5. The summed E-state index contributed by atoms with van der Waals surface area (Å²) in [5.41, 5.74) is 4.98. The molecule has 146 valence electrons. The first-order valence-electron chi connectivity index (χ1n) is 10.2. The second kappa shape index (κ2) is 10.6. The zero-order valence-electron chi connectivity index (χ0n) is 17.0. The fraction of sp³-hybridized carbons (Fsp3) is 0.308. The van der Waals surface area contributed by atoms with Crippen LogP contribution >= 0.6 is 0 Å². The molecule has 28 heavy (non-hydrogen) atoms. The van der Waals surface area contributed by atoms with E-state index >= 15 is 0 Å². The number of ether oxygens (including phenoxy) is 2. The predicted octanol–water partition coefficient (Wildman–Crippen LogP) is 6.33. The predicted molar refractivity (Wildman–Crippen MR) is 116 cm³/mol. The Labute approximate surface area is 169 Å². The van der Waals surface area contributed by atoms with Crippen molar-refractivity contribution in [2.24, 2.45) is 0 Å². The number of benzene rings is 3. The normalized spacial score (nSPS) is 10.6. The monoisotopic (exact) mass is 374 g/mol. The van der Waals surface area contributed by atoms with E-state index in [1.165, 1.54) is 11.1 Å². The van der Waals surface area contributed by atoms with E-state index in [2.05, 4.69) is 86.6 Å². The van der Waals surface area contributed by atoms with E-state index in [0.29, 0.717) is 0 Å². The minimum absolute atomic E-state index is 0.729. The molecule has 0 heterocycles. The molecule has 2 heteroatoms. The van der Waals surface area contributed by atoms with Crippen molar-refractivity contribution in [1.29, 1.82) is 0 Å². The summed E-state index contributed by atoms with van der Waals surface area (Å²) in [5.74, 6) is 1.92. The Morgan fingerprint density at radius 2 is 0.964 bits per heavy atom. The summed E-state index contributed by atoms with van der Waals surface area (Å²) in [5, 5.41) is 0. The Kier molecular flexibility index (Phi) is 7.54. The summed E-state index contributed by atoms with van der Waals surface area (Å²) in [4.78, 5) is 0. The minimum Gasteiger partial charge on any atom is -0.493 e. The van der Waals surface area contributed by atoms with Crippen LogP contribution in [0, 0.1) is 13.8 Å². The fourth-order valence-electron chi connectivity index (χ4n) is 3.28. The van der Waals surface area contributed by atoms with Gasteiger partial charge in [-0.2, -0.15) is 0 Å². The van der Waals surface area contributed by atoms with Gasteiger partial charge in [0.15, 0.2) is 0 Å². The Balaban J connectivity index is 1.44. The van der Waals surface area contributed by atoms with Crippen LogP contribution < -0.4 is 9.47 Å². The Hall–Kier alpha value is -2.74. The van der Waals surface area contributed by atoms with E-state index in [4.69, 9.17) is 9.47 Å². The number of aryl methyl sites for hydroxylation is 4. The SMILES string of the molecule is Cc1cc(OCCCc2ccccc2)c(C)cc1OCCCc1ccccc1. The van der Waals surface area contributed by atoms with Gasteiger partial charge in [0, 0.05) is 0 Å². The van der Waals surface area contributed by atoms with Crippen LogP contribution in [0.5, 0.6) is 11.5 Å². The molecule has 2 nitrogen and oxygen atoms in total. The smallest absolute Gasteiger partial charge is 0.122 e. The molecule has 0 N–H and O–H groups in total. The summed E-state index contributed by atoms with van der Waals surface area (Å²) in [6, 6.07) is 25.3. The quantitative estimate of drug-likeness (QED) is 0.386. The van der Waals surface area contributed by atoms with Crippen LogP contribution in [0.4, 0.5) is 0 Å². The number of hydrogen-bond donors (Lipinski definition) is 0. The molecule has 0 bridgehead atoms. The van der Waals surface area contributed by atoms with Crippen LogP contribution in [0.15, 0.2) is 72.8 Å².